The van der Waals surface area contributed by atoms with E-state index in [1.165, 1.54) is 25.7 Å². The van der Waals surface area contributed by atoms with E-state index in [0.29, 0.717) is 17.9 Å². The number of nitrogens with zero attached hydrogens (tertiary/aromatic N) is 2. The highest BCUT2D eigenvalue weighted by atomic mass is 16.3. The molecule has 0 aromatic carbocycles. The number of rotatable bonds is 5. The lowest BCUT2D eigenvalue weighted by Crippen LogP contribution is -2.24. The molecule has 0 amide bonds. The van der Waals surface area contributed by atoms with Crippen molar-refractivity contribution in [2.75, 3.05) is 0 Å². The van der Waals surface area contributed by atoms with Gasteiger partial charge in [-0.15, -0.1) is 0 Å². The molecule has 1 heterocycles. The second-order valence-corrected chi connectivity index (χ2v) is 6.08. The monoisotopic (exact) mass is 250 g/mol. The molecule has 2 atom stereocenters. The molecule has 1 N–H and O–H groups in total. The number of hydrogen-bond donors (Lipinski definition) is 1. The summed E-state index contributed by atoms with van der Waals surface area (Å²) in [6, 6.07) is 2.73. The minimum Gasteiger partial charge on any atom is -0.393 e. The highest BCUT2D eigenvalue weighted by Crippen LogP contribution is 2.29. The maximum absolute atomic E-state index is 9.83. The molecule has 3 heteroatoms. The van der Waals surface area contributed by atoms with Crippen LogP contribution in [0.15, 0.2) is 12.3 Å². The summed E-state index contributed by atoms with van der Waals surface area (Å²) in [5, 5.41) is 14.5. The van der Waals surface area contributed by atoms with Crippen LogP contribution in [-0.2, 0) is 6.42 Å². The molecule has 0 saturated heterocycles. The molecule has 3 nitrogen and oxygen atoms in total. The largest absolute Gasteiger partial charge is 0.393 e. The van der Waals surface area contributed by atoms with Gasteiger partial charge in [-0.3, -0.25) is 4.68 Å². The Morgan fingerprint density at radius 2 is 2.00 bits per heavy atom. The Kier molecular flexibility index (Phi) is 4.44. The van der Waals surface area contributed by atoms with Crippen molar-refractivity contribution in [2.45, 2.75) is 65.0 Å². The lowest BCUT2D eigenvalue weighted by molar-refractivity contribution is 0.0969. The molecule has 102 valence electrons. The lowest BCUT2D eigenvalue weighted by Gasteiger charge is -2.22. The van der Waals surface area contributed by atoms with Crippen molar-refractivity contribution in [1.29, 1.82) is 0 Å². The Labute approximate surface area is 110 Å². The van der Waals surface area contributed by atoms with E-state index in [2.05, 4.69) is 30.8 Å². The van der Waals surface area contributed by atoms with Crippen LogP contribution in [0, 0.1) is 11.8 Å². The molecular formula is C15H26N2O. The Bertz CT molecular complexity index is 356. The highest BCUT2D eigenvalue weighted by Gasteiger charge is 2.22. The second kappa shape index (κ2) is 5.87. The van der Waals surface area contributed by atoms with Gasteiger partial charge >= 0.3 is 0 Å². The third-order valence-corrected chi connectivity index (χ3v) is 4.28. The van der Waals surface area contributed by atoms with Crippen LogP contribution in [0.2, 0.25) is 0 Å². The van der Waals surface area contributed by atoms with E-state index in [-0.39, 0.29) is 6.10 Å². The average Bonchev–Trinajstić information content (AvgIpc) is 2.95. The van der Waals surface area contributed by atoms with Gasteiger partial charge in [0.25, 0.3) is 0 Å². The minimum atomic E-state index is -0.262. The molecule has 1 aromatic heterocycles. The molecule has 2 rings (SSSR count). The SMILES string of the molecule is CC(C)C(Cc1ccn(C2CCCC2)n1)C(C)O. The van der Waals surface area contributed by atoms with Crippen LogP contribution in [-0.4, -0.2) is 21.0 Å². The van der Waals surface area contributed by atoms with Crippen LogP contribution >= 0.6 is 0 Å². The third kappa shape index (κ3) is 3.14. The van der Waals surface area contributed by atoms with Gasteiger partial charge in [-0.2, -0.15) is 5.10 Å². The van der Waals surface area contributed by atoms with Gasteiger partial charge in [0.15, 0.2) is 0 Å². The molecule has 1 aliphatic carbocycles. The van der Waals surface area contributed by atoms with Crippen molar-refractivity contribution in [3.8, 4) is 0 Å². The van der Waals surface area contributed by atoms with Gasteiger partial charge in [-0.1, -0.05) is 26.7 Å². The summed E-state index contributed by atoms with van der Waals surface area (Å²) >= 11 is 0. The lowest BCUT2D eigenvalue weighted by atomic mass is 9.87. The molecule has 2 unspecified atom stereocenters. The van der Waals surface area contributed by atoms with E-state index in [1.807, 2.05) is 6.92 Å². The first-order valence-corrected chi connectivity index (χ1v) is 7.30. The van der Waals surface area contributed by atoms with Gasteiger partial charge in [0.05, 0.1) is 17.8 Å². The quantitative estimate of drug-likeness (QED) is 0.871. The van der Waals surface area contributed by atoms with Crippen molar-refractivity contribution in [3.05, 3.63) is 18.0 Å². The van der Waals surface area contributed by atoms with Crippen LogP contribution in [0.3, 0.4) is 0 Å². The van der Waals surface area contributed by atoms with E-state index in [1.54, 1.807) is 0 Å². The van der Waals surface area contributed by atoms with E-state index < -0.39 is 0 Å². The standard InChI is InChI=1S/C15H26N2O/c1-11(2)15(12(3)18)10-13-8-9-17(16-13)14-6-4-5-7-14/h8-9,11-12,14-15,18H,4-7,10H2,1-3H3. The van der Waals surface area contributed by atoms with Crippen LogP contribution in [0.4, 0.5) is 0 Å². The first kappa shape index (κ1) is 13.6. The van der Waals surface area contributed by atoms with Crippen LogP contribution in [0.1, 0.15) is 58.2 Å². The summed E-state index contributed by atoms with van der Waals surface area (Å²) < 4.78 is 2.14. The molecule has 1 fully saturated rings. The van der Waals surface area contributed by atoms with Gasteiger partial charge < -0.3 is 5.11 Å². The summed E-state index contributed by atoms with van der Waals surface area (Å²) in [5.41, 5.74) is 1.13. The van der Waals surface area contributed by atoms with Crippen molar-refractivity contribution >= 4 is 0 Å². The fraction of sp³-hybridized carbons (Fsp3) is 0.800. The molecule has 1 saturated carbocycles. The Hall–Kier alpha value is -0.830. The molecule has 18 heavy (non-hydrogen) atoms. The Morgan fingerprint density at radius 1 is 1.33 bits per heavy atom. The van der Waals surface area contributed by atoms with Gasteiger partial charge in [0, 0.05) is 6.20 Å². The Balaban J connectivity index is 2.00. The maximum Gasteiger partial charge on any atom is 0.0628 e. The van der Waals surface area contributed by atoms with Crippen molar-refractivity contribution in [2.24, 2.45) is 11.8 Å². The zero-order chi connectivity index (χ0) is 13.1. The van der Waals surface area contributed by atoms with Crippen LogP contribution in [0.25, 0.3) is 0 Å². The zero-order valence-electron chi connectivity index (χ0n) is 11.8. The molecule has 1 aromatic rings. The molecular weight excluding hydrogens is 224 g/mol. The summed E-state index contributed by atoms with van der Waals surface area (Å²) in [4.78, 5) is 0. The maximum atomic E-state index is 9.83. The van der Waals surface area contributed by atoms with E-state index in [4.69, 9.17) is 5.10 Å². The summed E-state index contributed by atoms with van der Waals surface area (Å²) in [6.45, 7) is 6.23. The van der Waals surface area contributed by atoms with E-state index in [0.717, 1.165) is 12.1 Å². The topological polar surface area (TPSA) is 38.0 Å². The third-order valence-electron chi connectivity index (χ3n) is 4.28. The van der Waals surface area contributed by atoms with Crippen molar-refractivity contribution in [1.82, 2.24) is 9.78 Å². The first-order valence-electron chi connectivity index (χ1n) is 7.30. The second-order valence-electron chi connectivity index (χ2n) is 6.08. The first-order chi connectivity index (χ1) is 8.58. The fourth-order valence-electron chi connectivity index (χ4n) is 3.06. The van der Waals surface area contributed by atoms with Crippen LogP contribution in [0.5, 0.6) is 0 Å². The average molecular weight is 250 g/mol. The number of aromatic nitrogens is 2. The summed E-state index contributed by atoms with van der Waals surface area (Å²) in [7, 11) is 0. The van der Waals surface area contributed by atoms with Crippen molar-refractivity contribution < 1.29 is 5.11 Å². The smallest absolute Gasteiger partial charge is 0.0628 e. The van der Waals surface area contributed by atoms with E-state index in [9.17, 15) is 5.11 Å². The molecule has 0 radical (unpaired) electrons. The number of aliphatic hydroxyl groups is 1. The summed E-state index contributed by atoms with van der Waals surface area (Å²) in [5.74, 6) is 0.790. The summed E-state index contributed by atoms with van der Waals surface area (Å²) in [6.07, 6.45) is 7.95. The number of hydrogen-bond acceptors (Lipinski definition) is 2. The molecule has 0 spiro atoms. The van der Waals surface area contributed by atoms with Gasteiger partial charge in [-0.25, -0.2) is 0 Å². The van der Waals surface area contributed by atoms with E-state index >= 15 is 0 Å². The zero-order valence-corrected chi connectivity index (χ0v) is 11.8. The molecule has 0 bridgehead atoms. The predicted octanol–water partition coefficient (Wildman–Crippen LogP) is 3.19. The van der Waals surface area contributed by atoms with Gasteiger partial charge in [-0.05, 0) is 44.1 Å². The molecule has 0 aliphatic heterocycles. The molecule has 1 aliphatic rings. The normalized spacial score (nSPS) is 20.5. The highest BCUT2D eigenvalue weighted by molar-refractivity contribution is 5.02. The van der Waals surface area contributed by atoms with Crippen molar-refractivity contribution in [3.63, 3.8) is 0 Å². The Morgan fingerprint density at radius 3 is 2.56 bits per heavy atom. The van der Waals surface area contributed by atoms with Crippen LogP contribution < -0.4 is 0 Å². The number of aliphatic hydroxyl groups excluding tert-OH is 1. The predicted molar refractivity (Wildman–Crippen MR) is 73.4 cm³/mol. The minimum absolute atomic E-state index is 0.262. The fourth-order valence-corrected chi connectivity index (χ4v) is 3.06. The van der Waals surface area contributed by atoms with Gasteiger partial charge in [0.2, 0.25) is 0 Å². The van der Waals surface area contributed by atoms with Gasteiger partial charge in [0.1, 0.15) is 0 Å².